The van der Waals surface area contributed by atoms with Crippen LogP contribution >= 0.6 is 0 Å². The van der Waals surface area contributed by atoms with Crippen LogP contribution in [0.15, 0.2) is 61.2 Å². The van der Waals surface area contributed by atoms with Crippen molar-refractivity contribution in [3.05, 3.63) is 72.6 Å². The maximum Gasteiger partial charge on any atom is 0.167 e. The van der Waals surface area contributed by atoms with Crippen molar-refractivity contribution in [1.29, 1.82) is 0 Å². The number of carbonyl (C=O) groups excluding carboxylic acids is 1. The molecule has 0 saturated heterocycles. The summed E-state index contributed by atoms with van der Waals surface area (Å²) in [4.78, 5) is 27.7. The number of nitrogens with two attached hydrogens (primary N) is 1. The van der Waals surface area contributed by atoms with Crippen LogP contribution in [-0.4, -0.2) is 47.2 Å². The molecule has 10 heteroatoms. The third-order valence-electron chi connectivity index (χ3n) is 5.87. The molecular weight excluding hydrogens is 418 g/mol. The molecule has 0 aliphatic carbocycles. The summed E-state index contributed by atoms with van der Waals surface area (Å²) >= 11 is 0. The minimum absolute atomic E-state index is 0.247. The van der Waals surface area contributed by atoms with Crippen molar-refractivity contribution in [3.8, 4) is 22.4 Å². The molecule has 0 radical (unpaired) electrons. The van der Waals surface area contributed by atoms with Gasteiger partial charge in [0.2, 0.25) is 0 Å². The fourth-order valence-electron chi connectivity index (χ4n) is 4.15. The molecule has 5 heterocycles. The van der Waals surface area contributed by atoms with Crippen LogP contribution in [0.5, 0.6) is 0 Å². The molecular formula is C23H19N9O. The van der Waals surface area contributed by atoms with Crippen molar-refractivity contribution in [3.63, 3.8) is 0 Å². The summed E-state index contributed by atoms with van der Waals surface area (Å²) in [6.45, 7) is 1.77. The molecule has 1 aromatic carbocycles. The van der Waals surface area contributed by atoms with Gasteiger partial charge >= 0.3 is 0 Å². The molecule has 0 atom stereocenters. The number of nitrogen functional groups attached to an aromatic ring is 1. The zero-order valence-electron chi connectivity index (χ0n) is 17.5. The van der Waals surface area contributed by atoms with Crippen LogP contribution < -0.4 is 10.6 Å². The number of anilines is 2. The lowest BCUT2D eigenvalue weighted by atomic mass is 10.1. The van der Waals surface area contributed by atoms with Crippen LogP contribution in [-0.2, 0) is 13.1 Å². The first kappa shape index (κ1) is 19.1. The highest BCUT2D eigenvalue weighted by molar-refractivity contribution is 5.92. The van der Waals surface area contributed by atoms with Crippen LogP contribution in [0.3, 0.4) is 0 Å². The van der Waals surface area contributed by atoms with E-state index in [-0.39, 0.29) is 5.82 Å². The number of aromatic nitrogens is 7. The van der Waals surface area contributed by atoms with Gasteiger partial charge in [0.1, 0.15) is 23.8 Å². The van der Waals surface area contributed by atoms with Gasteiger partial charge < -0.3 is 10.6 Å². The van der Waals surface area contributed by atoms with E-state index >= 15 is 0 Å². The Kier molecular flexibility index (Phi) is 4.35. The number of hydrogen-bond acceptors (Lipinski definition) is 8. The molecule has 0 bridgehead atoms. The fraction of sp³-hybridized carbons (Fsp3) is 0.130. The zero-order chi connectivity index (χ0) is 22.4. The lowest BCUT2D eigenvalue weighted by Gasteiger charge is -2.29. The van der Waals surface area contributed by atoms with Gasteiger partial charge in [0, 0.05) is 29.4 Å². The topological polar surface area (TPSA) is 120 Å². The van der Waals surface area contributed by atoms with Crippen molar-refractivity contribution in [2.45, 2.75) is 13.1 Å². The van der Waals surface area contributed by atoms with Crippen molar-refractivity contribution in [2.75, 3.05) is 17.2 Å². The first-order chi connectivity index (χ1) is 16.2. The molecule has 0 spiro atoms. The summed E-state index contributed by atoms with van der Waals surface area (Å²) in [7, 11) is 0. The molecule has 0 unspecified atom stereocenters. The largest absolute Gasteiger partial charge is 0.383 e. The molecule has 10 nitrogen and oxygen atoms in total. The van der Waals surface area contributed by atoms with E-state index in [1.54, 1.807) is 12.4 Å². The van der Waals surface area contributed by atoms with E-state index in [9.17, 15) is 4.79 Å². The van der Waals surface area contributed by atoms with Crippen LogP contribution in [0.25, 0.3) is 28.0 Å². The van der Waals surface area contributed by atoms with Crippen molar-refractivity contribution in [2.24, 2.45) is 0 Å². The van der Waals surface area contributed by atoms with E-state index in [1.807, 2.05) is 52.0 Å². The highest BCUT2D eigenvalue weighted by Crippen LogP contribution is 2.31. The first-order valence-electron chi connectivity index (χ1n) is 10.5. The lowest BCUT2D eigenvalue weighted by molar-refractivity contribution is 0.112. The van der Waals surface area contributed by atoms with Crippen LogP contribution in [0.2, 0.25) is 0 Å². The molecule has 5 aromatic rings. The SMILES string of the molecule is Nc1c(C=O)c(N2CCn3ncnc3C2)nc2c(-c3ccc(-c4ccccc4)nc3)cnn12. The van der Waals surface area contributed by atoms with E-state index in [0.717, 1.165) is 34.5 Å². The highest BCUT2D eigenvalue weighted by atomic mass is 16.1. The Morgan fingerprint density at radius 1 is 0.939 bits per heavy atom. The van der Waals surface area contributed by atoms with E-state index in [0.29, 0.717) is 36.7 Å². The Hall–Kier alpha value is -4.60. The maximum absolute atomic E-state index is 11.9. The second-order valence-corrected chi connectivity index (χ2v) is 7.76. The lowest BCUT2D eigenvalue weighted by Crippen LogP contribution is -2.35. The Labute approximate surface area is 188 Å². The summed E-state index contributed by atoms with van der Waals surface area (Å²) in [6.07, 6.45) is 5.76. The molecule has 1 aliphatic heterocycles. The second kappa shape index (κ2) is 7.52. The first-order valence-corrected chi connectivity index (χ1v) is 10.5. The quantitative estimate of drug-likeness (QED) is 0.426. The van der Waals surface area contributed by atoms with Gasteiger partial charge in [-0.15, -0.1) is 0 Å². The number of nitrogens with zero attached hydrogens (tertiary/aromatic N) is 8. The van der Waals surface area contributed by atoms with Gasteiger partial charge in [-0.3, -0.25) is 9.78 Å². The molecule has 162 valence electrons. The average molecular weight is 437 g/mol. The summed E-state index contributed by atoms with van der Waals surface area (Å²) < 4.78 is 3.35. The minimum atomic E-state index is 0.247. The Morgan fingerprint density at radius 3 is 2.61 bits per heavy atom. The summed E-state index contributed by atoms with van der Waals surface area (Å²) in [6, 6.07) is 13.9. The molecule has 1 aliphatic rings. The highest BCUT2D eigenvalue weighted by Gasteiger charge is 2.25. The van der Waals surface area contributed by atoms with Gasteiger partial charge in [-0.05, 0) is 6.07 Å². The van der Waals surface area contributed by atoms with E-state index in [4.69, 9.17) is 10.7 Å². The normalized spacial score (nSPS) is 13.3. The molecule has 4 aromatic heterocycles. The van der Waals surface area contributed by atoms with Gasteiger partial charge in [0.25, 0.3) is 0 Å². The van der Waals surface area contributed by atoms with Crippen molar-refractivity contribution in [1.82, 2.24) is 34.3 Å². The number of hydrogen-bond donors (Lipinski definition) is 1. The summed E-state index contributed by atoms with van der Waals surface area (Å²) in [5.74, 6) is 1.57. The van der Waals surface area contributed by atoms with Gasteiger partial charge in [-0.25, -0.2) is 14.6 Å². The predicted molar refractivity (Wildman–Crippen MR) is 123 cm³/mol. The number of aldehydes is 1. The third-order valence-corrected chi connectivity index (χ3v) is 5.87. The number of benzene rings is 1. The number of carbonyl (C=O) groups is 1. The molecule has 33 heavy (non-hydrogen) atoms. The van der Waals surface area contributed by atoms with Crippen LogP contribution in [0.4, 0.5) is 11.6 Å². The van der Waals surface area contributed by atoms with E-state index in [1.165, 1.54) is 10.8 Å². The Morgan fingerprint density at radius 2 is 1.82 bits per heavy atom. The standard InChI is InChI=1S/C23H19N9O/c24-21-18(13-33)22(30-8-9-31-20(12-30)26-14-28-31)29-23-17(11-27-32(21)23)16-6-7-19(25-10-16)15-4-2-1-3-5-15/h1-7,10-11,13-14H,8-9,12,24H2. The molecule has 0 saturated carbocycles. The summed E-state index contributed by atoms with van der Waals surface area (Å²) in [5.41, 5.74) is 10.8. The number of fused-ring (bicyclic) bond motifs is 2. The Balaban J connectivity index is 1.44. The molecule has 0 fully saturated rings. The van der Waals surface area contributed by atoms with Gasteiger partial charge in [-0.2, -0.15) is 14.7 Å². The van der Waals surface area contributed by atoms with Gasteiger partial charge in [0.05, 0.1) is 30.5 Å². The number of rotatable bonds is 4. The number of pyridine rings is 1. The summed E-state index contributed by atoms with van der Waals surface area (Å²) in [5, 5.41) is 8.61. The maximum atomic E-state index is 11.9. The van der Waals surface area contributed by atoms with E-state index in [2.05, 4.69) is 20.2 Å². The second-order valence-electron chi connectivity index (χ2n) is 7.76. The van der Waals surface area contributed by atoms with Gasteiger partial charge in [0.15, 0.2) is 11.9 Å². The Bertz CT molecular complexity index is 1470. The zero-order valence-corrected chi connectivity index (χ0v) is 17.5. The minimum Gasteiger partial charge on any atom is -0.383 e. The molecule has 0 amide bonds. The van der Waals surface area contributed by atoms with Crippen molar-refractivity contribution < 1.29 is 4.79 Å². The monoisotopic (exact) mass is 437 g/mol. The van der Waals surface area contributed by atoms with E-state index < -0.39 is 0 Å². The van der Waals surface area contributed by atoms with Crippen molar-refractivity contribution >= 4 is 23.6 Å². The van der Waals surface area contributed by atoms with Crippen LogP contribution in [0, 0.1) is 0 Å². The average Bonchev–Trinajstić information content (AvgIpc) is 3.51. The molecule has 6 rings (SSSR count). The smallest absolute Gasteiger partial charge is 0.167 e. The third kappa shape index (κ3) is 3.11. The molecule has 2 N–H and O–H groups in total. The fourth-order valence-corrected chi connectivity index (χ4v) is 4.15. The predicted octanol–water partition coefficient (Wildman–Crippen LogP) is 2.46. The van der Waals surface area contributed by atoms with Crippen LogP contribution in [0.1, 0.15) is 16.2 Å². The van der Waals surface area contributed by atoms with Gasteiger partial charge in [-0.1, -0.05) is 36.4 Å².